The van der Waals surface area contributed by atoms with Crippen molar-refractivity contribution in [3.63, 3.8) is 0 Å². The number of rotatable bonds is 6. The lowest BCUT2D eigenvalue weighted by molar-refractivity contribution is 0.0989. The summed E-state index contributed by atoms with van der Waals surface area (Å²) in [7, 11) is 0. The van der Waals surface area contributed by atoms with Crippen molar-refractivity contribution in [1.29, 1.82) is 0 Å². The molecule has 0 spiro atoms. The molecule has 4 aromatic rings. The first-order chi connectivity index (χ1) is 14.3. The van der Waals surface area contributed by atoms with E-state index >= 15 is 0 Å². The number of amides is 1. The second kappa shape index (κ2) is 8.49. The van der Waals surface area contributed by atoms with Gasteiger partial charge in [0, 0.05) is 12.2 Å². The van der Waals surface area contributed by atoms with Gasteiger partial charge < -0.3 is 0 Å². The number of thiophene rings is 1. The average molecular weight is 459 g/mol. The molecule has 0 atom stereocenters. The summed E-state index contributed by atoms with van der Waals surface area (Å²) >= 11 is 8.93. The molecule has 0 unspecified atom stereocenters. The Morgan fingerprint density at radius 1 is 1.20 bits per heavy atom. The first-order valence-corrected chi connectivity index (χ1v) is 11.8. The Hall–Kier alpha value is -2.22. The number of aromatic nitrogens is 3. The quantitative estimate of drug-likeness (QED) is 0.341. The topological polar surface area (TPSA) is 51.0 Å². The Kier molecular flexibility index (Phi) is 5.95. The smallest absolute Gasteiger partial charge is 0.270 e. The lowest BCUT2D eigenvalue weighted by atomic mass is 10.0. The van der Waals surface area contributed by atoms with Crippen molar-refractivity contribution in [3.05, 3.63) is 62.6 Å². The van der Waals surface area contributed by atoms with Crippen molar-refractivity contribution in [2.24, 2.45) is 0 Å². The van der Waals surface area contributed by atoms with Gasteiger partial charge in [-0.1, -0.05) is 48.9 Å². The third kappa shape index (κ3) is 4.15. The second-order valence-electron chi connectivity index (χ2n) is 7.56. The van der Waals surface area contributed by atoms with E-state index in [0.717, 1.165) is 21.6 Å². The second-order valence-corrected chi connectivity index (χ2v) is 10.3. The first-order valence-electron chi connectivity index (χ1n) is 9.81. The fourth-order valence-corrected chi connectivity index (χ4v) is 5.50. The highest BCUT2D eigenvalue weighted by Crippen LogP contribution is 2.35. The van der Waals surface area contributed by atoms with Gasteiger partial charge in [0.15, 0.2) is 5.13 Å². The molecule has 0 saturated heterocycles. The van der Waals surface area contributed by atoms with Crippen molar-refractivity contribution in [2.75, 3.05) is 11.4 Å². The van der Waals surface area contributed by atoms with E-state index in [4.69, 9.17) is 16.6 Å². The van der Waals surface area contributed by atoms with Gasteiger partial charge in [-0.2, -0.15) is 5.10 Å². The molecule has 4 rings (SSSR count). The summed E-state index contributed by atoms with van der Waals surface area (Å²) in [6.45, 7) is 9.39. The molecular formula is C22H23ClN4OS2. The Bertz CT molecular complexity index is 1210. The number of fused-ring (bicyclic) bond motifs is 1. The van der Waals surface area contributed by atoms with Crippen molar-refractivity contribution >= 4 is 55.5 Å². The van der Waals surface area contributed by atoms with E-state index in [0.29, 0.717) is 33.4 Å². The number of anilines is 1. The molecular weight excluding hydrogens is 436 g/mol. The Morgan fingerprint density at radius 3 is 2.63 bits per heavy atom. The number of carbonyl (C=O) groups excluding carboxylic acids is 1. The van der Waals surface area contributed by atoms with E-state index in [1.165, 1.54) is 16.9 Å². The third-order valence-electron chi connectivity index (χ3n) is 4.96. The SMILES string of the molecule is Cc1cc(C)n(CCN(C(=O)c2ccc(Cl)s2)c2nc3c(C(C)C)cccc3s2)n1. The van der Waals surface area contributed by atoms with Crippen molar-refractivity contribution in [1.82, 2.24) is 14.8 Å². The molecule has 0 radical (unpaired) electrons. The van der Waals surface area contributed by atoms with Gasteiger partial charge in [0.05, 0.1) is 31.7 Å². The molecule has 3 heterocycles. The molecule has 0 N–H and O–H groups in total. The minimum Gasteiger partial charge on any atom is -0.281 e. The molecule has 0 aliphatic heterocycles. The van der Waals surface area contributed by atoms with Crippen molar-refractivity contribution < 1.29 is 4.79 Å². The number of aryl methyl sites for hydroxylation is 2. The van der Waals surface area contributed by atoms with Crippen LogP contribution in [-0.2, 0) is 6.54 Å². The van der Waals surface area contributed by atoms with Crippen molar-refractivity contribution in [2.45, 2.75) is 40.2 Å². The lowest BCUT2D eigenvalue weighted by Crippen LogP contribution is -2.33. The minimum atomic E-state index is -0.0846. The summed E-state index contributed by atoms with van der Waals surface area (Å²) in [6.07, 6.45) is 0. The average Bonchev–Trinajstić information content (AvgIpc) is 3.39. The molecule has 1 amide bonds. The van der Waals surface area contributed by atoms with Crippen LogP contribution < -0.4 is 4.90 Å². The van der Waals surface area contributed by atoms with E-state index in [-0.39, 0.29) is 5.91 Å². The molecule has 0 fully saturated rings. The van der Waals surface area contributed by atoms with E-state index in [9.17, 15) is 4.79 Å². The molecule has 156 valence electrons. The predicted octanol–water partition coefficient (Wildman–Crippen LogP) is 6.29. The molecule has 0 bridgehead atoms. The van der Waals surface area contributed by atoms with Gasteiger partial charge in [0.2, 0.25) is 0 Å². The van der Waals surface area contributed by atoms with Crippen LogP contribution >= 0.6 is 34.3 Å². The number of nitrogens with zero attached hydrogens (tertiary/aromatic N) is 4. The van der Waals surface area contributed by atoms with Crippen LogP contribution in [0.1, 0.15) is 46.4 Å². The summed E-state index contributed by atoms with van der Waals surface area (Å²) in [5, 5.41) is 5.24. The molecule has 8 heteroatoms. The van der Waals surface area contributed by atoms with E-state index in [1.54, 1.807) is 28.4 Å². The van der Waals surface area contributed by atoms with Gasteiger partial charge in [-0.05, 0) is 49.6 Å². The zero-order valence-electron chi connectivity index (χ0n) is 17.3. The zero-order chi connectivity index (χ0) is 21.4. The number of hydrogen-bond acceptors (Lipinski definition) is 5. The fraction of sp³-hybridized carbons (Fsp3) is 0.318. The molecule has 1 aromatic carbocycles. The summed E-state index contributed by atoms with van der Waals surface area (Å²) < 4.78 is 3.62. The normalized spacial score (nSPS) is 11.5. The van der Waals surface area contributed by atoms with Gasteiger partial charge in [0.25, 0.3) is 5.91 Å². The van der Waals surface area contributed by atoms with E-state index in [1.807, 2.05) is 24.6 Å². The largest absolute Gasteiger partial charge is 0.281 e. The maximum Gasteiger partial charge on any atom is 0.270 e. The highest BCUT2D eigenvalue weighted by molar-refractivity contribution is 7.22. The van der Waals surface area contributed by atoms with E-state index < -0.39 is 0 Å². The number of thiazole rings is 1. The maximum absolute atomic E-state index is 13.4. The number of benzene rings is 1. The molecule has 0 aliphatic rings. The van der Waals surface area contributed by atoms with Crippen LogP contribution in [0.2, 0.25) is 4.34 Å². The van der Waals surface area contributed by atoms with E-state index in [2.05, 4.69) is 37.1 Å². The molecule has 30 heavy (non-hydrogen) atoms. The molecule has 0 saturated carbocycles. The van der Waals surface area contributed by atoms with Crippen LogP contribution in [-0.4, -0.2) is 27.2 Å². The summed E-state index contributed by atoms with van der Waals surface area (Å²) in [4.78, 5) is 20.6. The summed E-state index contributed by atoms with van der Waals surface area (Å²) in [5.41, 5.74) is 4.21. The number of carbonyl (C=O) groups is 1. The van der Waals surface area contributed by atoms with Gasteiger partial charge in [-0.25, -0.2) is 4.98 Å². The number of halogens is 1. The predicted molar refractivity (Wildman–Crippen MR) is 126 cm³/mol. The van der Waals surface area contributed by atoms with Crippen LogP contribution in [0.5, 0.6) is 0 Å². The monoisotopic (exact) mass is 458 g/mol. The first kappa shape index (κ1) is 21.0. The fourth-order valence-electron chi connectivity index (χ4n) is 3.48. The zero-order valence-corrected chi connectivity index (χ0v) is 19.7. The van der Waals surface area contributed by atoms with Crippen LogP contribution in [0.4, 0.5) is 5.13 Å². The van der Waals surface area contributed by atoms with Crippen LogP contribution in [0, 0.1) is 13.8 Å². The molecule has 0 aliphatic carbocycles. The lowest BCUT2D eigenvalue weighted by Gasteiger charge is -2.19. The molecule has 3 aromatic heterocycles. The highest BCUT2D eigenvalue weighted by Gasteiger charge is 2.24. The summed E-state index contributed by atoms with van der Waals surface area (Å²) in [5.74, 6) is 0.275. The third-order valence-corrected chi connectivity index (χ3v) is 7.22. The van der Waals surface area contributed by atoms with Crippen LogP contribution in [0.15, 0.2) is 36.4 Å². The minimum absolute atomic E-state index is 0.0846. The Labute approximate surface area is 188 Å². The van der Waals surface area contributed by atoms with Crippen LogP contribution in [0.25, 0.3) is 10.2 Å². The Morgan fingerprint density at radius 2 is 2.00 bits per heavy atom. The van der Waals surface area contributed by atoms with Gasteiger partial charge in [-0.3, -0.25) is 14.4 Å². The van der Waals surface area contributed by atoms with Crippen LogP contribution in [0.3, 0.4) is 0 Å². The molecule has 5 nitrogen and oxygen atoms in total. The van der Waals surface area contributed by atoms with Gasteiger partial charge in [0.1, 0.15) is 0 Å². The maximum atomic E-state index is 13.4. The summed E-state index contributed by atoms with van der Waals surface area (Å²) in [6, 6.07) is 11.8. The highest BCUT2D eigenvalue weighted by atomic mass is 35.5. The Balaban J connectivity index is 1.72. The number of para-hydroxylation sites is 1. The van der Waals surface area contributed by atoms with Gasteiger partial charge in [-0.15, -0.1) is 11.3 Å². The van der Waals surface area contributed by atoms with Gasteiger partial charge >= 0.3 is 0 Å². The standard InChI is InChI=1S/C22H23ClN4OS2/c1-13(2)16-6-5-7-17-20(16)24-22(30-17)26(21(28)18-8-9-19(23)29-18)10-11-27-15(4)12-14(3)25-27/h5-9,12-13H,10-11H2,1-4H3. The van der Waals surface area contributed by atoms with Crippen molar-refractivity contribution in [3.8, 4) is 0 Å². The number of hydrogen-bond donors (Lipinski definition) is 0.